The zero-order valence-corrected chi connectivity index (χ0v) is 18.1. The molecule has 0 aliphatic heterocycles. The summed E-state index contributed by atoms with van der Waals surface area (Å²) in [7, 11) is -3.75. The van der Waals surface area contributed by atoms with Crippen LogP contribution in [0.25, 0.3) is 10.9 Å². The highest BCUT2D eigenvalue weighted by atomic mass is 32.2. The molecule has 1 amide bonds. The van der Waals surface area contributed by atoms with Crippen LogP contribution in [0.2, 0.25) is 0 Å². The van der Waals surface area contributed by atoms with Gasteiger partial charge in [-0.3, -0.25) is 4.79 Å². The first kappa shape index (κ1) is 20.7. The lowest BCUT2D eigenvalue weighted by Gasteiger charge is -2.22. The fourth-order valence-electron chi connectivity index (χ4n) is 4.33. The van der Waals surface area contributed by atoms with E-state index in [9.17, 15) is 13.2 Å². The van der Waals surface area contributed by atoms with Crippen molar-refractivity contribution in [1.29, 1.82) is 0 Å². The van der Waals surface area contributed by atoms with Crippen molar-refractivity contribution >= 4 is 26.6 Å². The minimum absolute atomic E-state index is 0.101. The quantitative estimate of drug-likeness (QED) is 0.644. The number of nitrogens with one attached hydrogen (secondary N) is 1. The van der Waals surface area contributed by atoms with Gasteiger partial charge in [-0.15, -0.1) is 0 Å². The van der Waals surface area contributed by atoms with Gasteiger partial charge >= 0.3 is 0 Å². The van der Waals surface area contributed by atoms with E-state index in [2.05, 4.69) is 11.4 Å². The van der Waals surface area contributed by atoms with Crippen LogP contribution in [0.4, 0.5) is 0 Å². The molecule has 0 bridgehead atoms. The number of benzene rings is 2. The summed E-state index contributed by atoms with van der Waals surface area (Å²) in [5.41, 5.74) is 3.15. The van der Waals surface area contributed by atoms with E-state index in [0.717, 1.165) is 42.3 Å². The van der Waals surface area contributed by atoms with Crippen LogP contribution in [0.3, 0.4) is 0 Å². The lowest BCUT2D eigenvalue weighted by atomic mass is 9.95. The fraction of sp³-hybridized carbons (Fsp3) is 0.375. The molecule has 0 atom stereocenters. The molecular weight excluding hydrogens is 396 g/mol. The summed E-state index contributed by atoms with van der Waals surface area (Å²) in [6.07, 6.45) is 6.91. The van der Waals surface area contributed by atoms with Crippen LogP contribution in [0.15, 0.2) is 59.6 Å². The minimum Gasteiger partial charge on any atom is -0.352 e. The predicted octanol–water partition coefficient (Wildman–Crippen LogP) is 4.22. The van der Waals surface area contributed by atoms with Crippen molar-refractivity contribution in [3.05, 3.63) is 65.9 Å². The average Bonchev–Trinajstić information content (AvgIpc) is 3.10. The number of aryl methyl sites for hydroxylation is 1. The molecule has 6 heteroatoms. The van der Waals surface area contributed by atoms with Crippen LogP contribution >= 0.6 is 0 Å². The molecule has 1 heterocycles. The summed E-state index contributed by atoms with van der Waals surface area (Å²) >= 11 is 0. The maximum Gasteiger partial charge on any atom is 0.235 e. The van der Waals surface area contributed by atoms with Crippen molar-refractivity contribution < 1.29 is 13.2 Å². The van der Waals surface area contributed by atoms with E-state index in [4.69, 9.17) is 0 Å². The number of amides is 1. The molecule has 1 aliphatic rings. The maximum atomic E-state index is 13.2. The van der Waals surface area contributed by atoms with Crippen LogP contribution in [-0.4, -0.2) is 30.7 Å². The largest absolute Gasteiger partial charge is 0.352 e. The first-order valence-electron chi connectivity index (χ1n) is 10.6. The Morgan fingerprint density at radius 3 is 2.50 bits per heavy atom. The minimum atomic E-state index is -3.75. The molecule has 1 N–H and O–H groups in total. The molecule has 1 fully saturated rings. The average molecular weight is 425 g/mol. The Hall–Kier alpha value is -2.60. The van der Waals surface area contributed by atoms with E-state index in [1.54, 1.807) is 6.20 Å². The van der Waals surface area contributed by atoms with Crippen LogP contribution in [-0.2, 0) is 21.2 Å². The number of nitrogens with zero attached hydrogens (tertiary/aromatic N) is 1. The lowest BCUT2D eigenvalue weighted by molar-refractivity contribution is -0.119. The van der Waals surface area contributed by atoms with Crippen molar-refractivity contribution in [3.8, 4) is 0 Å². The number of carbonyl (C=O) groups excluding carboxylic acids is 1. The molecule has 2 aromatic carbocycles. The van der Waals surface area contributed by atoms with E-state index >= 15 is 0 Å². The van der Waals surface area contributed by atoms with Crippen molar-refractivity contribution in [1.82, 2.24) is 9.88 Å². The molecule has 1 saturated carbocycles. The molecule has 0 saturated heterocycles. The number of carbonyl (C=O) groups is 1. The summed E-state index contributed by atoms with van der Waals surface area (Å²) in [6.45, 7) is 2.63. The third-order valence-corrected chi connectivity index (χ3v) is 7.62. The summed E-state index contributed by atoms with van der Waals surface area (Å²) < 4.78 is 28.3. The number of para-hydroxylation sites is 1. The molecule has 4 rings (SSSR count). The summed E-state index contributed by atoms with van der Waals surface area (Å²) in [4.78, 5) is 12.7. The van der Waals surface area contributed by atoms with Gasteiger partial charge in [-0.25, -0.2) is 8.42 Å². The van der Waals surface area contributed by atoms with Crippen LogP contribution in [0, 0.1) is 6.92 Å². The molecule has 1 aromatic heterocycles. The second-order valence-corrected chi connectivity index (χ2v) is 10.2. The summed E-state index contributed by atoms with van der Waals surface area (Å²) in [5, 5.41) is 3.59. The topological polar surface area (TPSA) is 68.2 Å². The Labute approximate surface area is 178 Å². The Kier molecular flexibility index (Phi) is 5.95. The van der Waals surface area contributed by atoms with E-state index in [0.29, 0.717) is 11.9 Å². The SMILES string of the molecule is Cc1ccccc1Cn1cc(S(=O)(=O)CC(=O)NC2CCCCC2)c2ccccc21. The smallest absolute Gasteiger partial charge is 0.235 e. The van der Waals surface area contributed by atoms with Crippen LogP contribution < -0.4 is 5.32 Å². The van der Waals surface area contributed by atoms with Gasteiger partial charge in [0.05, 0.1) is 4.90 Å². The molecule has 1 aliphatic carbocycles. The Morgan fingerprint density at radius 2 is 1.73 bits per heavy atom. The van der Waals surface area contributed by atoms with E-state index in [1.165, 1.54) is 6.42 Å². The Morgan fingerprint density at radius 1 is 1.03 bits per heavy atom. The third-order valence-electron chi connectivity index (χ3n) is 5.98. The first-order chi connectivity index (χ1) is 14.4. The number of fused-ring (bicyclic) bond motifs is 1. The number of aromatic nitrogens is 1. The van der Waals surface area contributed by atoms with Gasteiger partial charge in [0.25, 0.3) is 0 Å². The highest BCUT2D eigenvalue weighted by Crippen LogP contribution is 2.27. The van der Waals surface area contributed by atoms with Gasteiger partial charge in [0.15, 0.2) is 9.84 Å². The monoisotopic (exact) mass is 424 g/mol. The van der Waals surface area contributed by atoms with Gasteiger partial charge in [0.2, 0.25) is 5.91 Å². The maximum absolute atomic E-state index is 13.2. The summed E-state index contributed by atoms with van der Waals surface area (Å²) in [6, 6.07) is 15.7. The Balaban J connectivity index is 1.61. The van der Waals surface area contributed by atoms with Crippen molar-refractivity contribution in [3.63, 3.8) is 0 Å². The standard InChI is InChI=1S/C24H28N2O3S/c1-18-9-5-6-10-19(18)15-26-16-23(21-13-7-8-14-22(21)26)30(28,29)17-24(27)25-20-11-3-2-4-12-20/h5-10,13-14,16,20H,2-4,11-12,15,17H2,1H3,(H,25,27). The normalized spacial score (nSPS) is 15.4. The molecule has 5 nitrogen and oxygen atoms in total. The van der Waals surface area contributed by atoms with Gasteiger partial charge in [-0.2, -0.15) is 0 Å². The third kappa shape index (κ3) is 4.43. The Bertz CT molecular complexity index is 1160. The lowest BCUT2D eigenvalue weighted by Crippen LogP contribution is -2.39. The molecule has 158 valence electrons. The van der Waals surface area contributed by atoms with Crippen LogP contribution in [0.5, 0.6) is 0 Å². The van der Waals surface area contributed by atoms with Gasteiger partial charge in [-0.05, 0) is 37.0 Å². The van der Waals surface area contributed by atoms with Gasteiger partial charge in [0.1, 0.15) is 5.75 Å². The molecule has 30 heavy (non-hydrogen) atoms. The van der Waals surface area contributed by atoms with E-state index < -0.39 is 21.5 Å². The highest BCUT2D eigenvalue weighted by Gasteiger charge is 2.26. The van der Waals surface area contributed by atoms with E-state index in [-0.39, 0.29) is 10.9 Å². The number of rotatable bonds is 6. The second-order valence-electron chi connectivity index (χ2n) is 8.23. The molecule has 0 unspecified atom stereocenters. The highest BCUT2D eigenvalue weighted by molar-refractivity contribution is 7.92. The second kappa shape index (κ2) is 8.64. The molecule has 0 radical (unpaired) electrons. The number of sulfone groups is 1. The van der Waals surface area contributed by atoms with Gasteiger partial charge < -0.3 is 9.88 Å². The molecule has 0 spiro atoms. The molecule has 3 aromatic rings. The summed E-state index contributed by atoms with van der Waals surface area (Å²) in [5.74, 6) is -0.917. The fourth-order valence-corrected chi connectivity index (χ4v) is 5.71. The number of hydrogen-bond acceptors (Lipinski definition) is 3. The van der Waals surface area contributed by atoms with Crippen molar-refractivity contribution in [2.75, 3.05) is 5.75 Å². The van der Waals surface area contributed by atoms with Crippen molar-refractivity contribution in [2.24, 2.45) is 0 Å². The number of hydrogen-bond donors (Lipinski definition) is 1. The zero-order chi connectivity index (χ0) is 21.1. The zero-order valence-electron chi connectivity index (χ0n) is 17.3. The molecular formula is C24H28N2O3S. The van der Waals surface area contributed by atoms with Gasteiger partial charge in [0, 0.05) is 29.7 Å². The van der Waals surface area contributed by atoms with Gasteiger partial charge in [-0.1, -0.05) is 61.7 Å². The van der Waals surface area contributed by atoms with E-state index in [1.807, 2.05) is 54.0 Å². The first-order valence-corrected chi connectivity index (χ1v) is 12.2. The van der Waals surface area contributed by atoms with Crippen molar-refractivity contribution in [2.45, 2.75) is 56.5 Å². The van der Waals surface area contributed by atoms with Crippen LogP contribution in [0.1, 0.15) is 43.2 Å². The predicted molar refractivity (Wildman–Crippen MR) is 119 cm³/mol.